The number of hydrogen-bond acceptors (Lipinski definition) is 7. The lowest BCUT2D eigenvalue weighted by Crippen LogP contribution is -2.35. The van der Waals surface area contributed by atoms with Gasteiger partial charge in [0, 0.05) is 35.6 Å². The van der Waals surface area contributed by atoms with Crippen molar-refractivity contribution in [3.05, 3.63) is 71.1 Å². The van der Waals surface area contributed by atoms with E-state index in [0.29, 0.717) is 37.2 Å². The van der Waals surface area contributed by atoms with E-state index in [9.17, 15) is 21.6 Å². The van der Waals surface area contributed by atoms with Crippen LogP contribution >= 0.6 is 23.9 Å². The predicted octanol–water partition coefficient (Wildman–Crippen LogP) is 5.85. The summed E-state index contributed by atoms with van der Waals surface area (Å²) in [7, 11) is -3.95. The summed E-state index contributed by atoms with van der Waals surface area (Å²) in [6.45, 7) is 5.04. The Kier molecular flexibility index (Phi) is 7.81. The second-order valence-corrected chi connectivity index (χ2v) is 12.1. The molecule has 3 aromatic rings. The minimum Gasteiger partial charge on any atom is -0.487 e. The maximum absolute atomic E-state index is 13.6. The number of fused-ring (bicyclic) bond motifs is 1. The van der Waals surface area contributed by atoms with Gasteiger partial charge in [-0.05, 0) is 68.1 Å². The van der Waals surface area contributed by atoms with Crippen molar-refractivity contribution in [2.45, 2.75) is 49.3 Å². The summed E-state index contributed by atoms with van der Waals surface area (Å²) < 4.78 is 79.2. The average molecular weight is 587 g/mol. The van der Waals surface area contributed by atoms with Gasteiger partial charge in [-0.25, -0.2) is 13.4 Å². The number of ether oxygens (including phenoxy) is 1. The Labute approximate surface area is 229 Å². The molecule has 2 aliphatic heterocycles. The molecule has 38 heavy (non-hydrogen) atoms. The van der Waals surface area contributed by atoms with Gasteiger partial charge in [0.15, 0.2) is 0 Å². The van der Waals surface area contributed by atoms with Gasteiger partial charge in [-0.2, -0.15) is 17.5 Å². The van der Waals surface area contributed by atoms with Crippen LogP contribution in [0.15, 0.2) is 53.7 Å². The van der Waals surface area contributed by atoms with Crippen molar-refractivity contribution in [2.75, 3.05) is 17.8 Å². The van der Waals surface area contributed by atoms with Crippen LogP contribution in [0.2, 0.25) is 0 Å². The van der Waals surface area contributed by atoms with Crippen molar-refractivity contribution >= 4 is 44.7 Å². The lowest BCUT2D eigenvalue weighted by molar-refractivity contribution is -0.137. The summed E-state index contributed by atoms with van der Waals surface area (Å²) in [5.74, 6) is 0.0891. The summed E-state index contributed by atoms with van der Waals surface area (Å²) >= 11 is 0.916. The lowest BCUT2D eigenvalue weighted by atomic mass is 9.76. The molecular weight excluding hydrogens is 561 g/mol. The predicted molar refractivity (Wildman–Crippen MR) is 142 cm³/mol. The molecule has 7 nitrogen and oxygen atoms in total. The van der Waals surface area contributed by atoms with Crippen LogP contribution in [0.1, 0.15) is 54.9 Å². The smallest absolute Gasteiger partial charge is 0.416 e. The number of alkyl halides is 3. The molecular formula is C25H26ClF3N4O3S2. The SMILES string of the molecule is CC1(C)CC(c2ccc(C(F)(F)F)cc2C2=CCNCC2)c2ccc(S(=O)(=O)Nc3ncns3)cc2O1.Cl. The second kappa shape index (κ2) is 10.5. The first-order valence-electron chi connectivity index (χ1n) is 11.7. The van der Waals surface area contributed by atoms with Crippen LogP contribution in [-0.2, 0) is 16.2 Å². The highest BCUT2D eigenvalue weighted by Crippen LogP contribution is 2.47. The number of nitrogens with one attached hydrogen (secondary N) is 2. The van der Waals surface area contributed by atoms with E-state index in [1.165, 1.54) is 24.5 Å². The van der Waals surface area contributed by atoms with Crippen LogP contribution in [0.4, 0.5) is 18.3 Å². The fourth-order valence-corrected chi connectivity index (χ4v) is 6.53. The Morgan fingerprint density at radius 1 is 1.16 bits per heavy atom. The Morgan fingerprint density at radius 2 is 1.92 bits per heavy atom. The molecule has 13 heteroatoms. The first kappa shape index (κ1) is 28.3. The number of sulfonamides is 1. The quantitative estimate of drug-likeness (QED) is 0.390. The third-order valence-electron chi connectivity index (χ3n) is 6.50. The molecule has 2 aromatic carbocycles. The van der Waals surface area contributed by atoms with E-state index in [4.69, 9.17) is 4.74 Å². The van der Waals surface area contributed by atoms with E-state index < -0.39 is 27.4 Å². The van der Waals surface area contributed by atoms with E-state index >= 15 is 0 Å². The minimum atomic E-state index is -4.46. The fraction of sp³-hybridized carbons (Fsp3) is 0.360. The molecule has 2 aliphatic rings. The zero-order valence-corrected chi connectivity index (χ0v) is 23.0. The third-order valence-corrected chi connectivity index (χ3v) is 8.55. The van der Waals surface area contributed by atoms with Gasteiger partial charge in [0.25, 0.3) is 10.0 Å². The van der Waals surface area contributed by atoms with Gasteiger partial charge in [-0.3, -0.25) is 4.72 Å². The lowest BCUT2D eigenvalue weighted by Gasteiger charge is -2.39. The summed E-state index contributed by atoms with van der Waals surface area (Å²) in [6, 6.07) is 8.53. The summed E-state index contributed by atoms with van der Waals surface area (Å²) in [5, 5.41) is 3.34. The molecule has 0 spiro atoms. The van der Waals surface area contributed by atoms with Crippen molar-refractivity contribution in [2.24, 2.45) is 0 Å². The van der Waals surface area contributed by atoms with Crippen molar-refractivity contribution in [1.82, 2.24) is 14.7 Å². The van der Waals surface area contributed by atoms with Gasteiger partial charge < -0.3 is 10.1 Å². The average Bonchev–Trinajstić information content (AvgIpc) is 3.34. The normalized spacial score (nSPS) is 19.0. The first-order chi connectivity index (χ1) is 17.4. The highest BCUT2D eigenvalue weighted by Gasteiger charge is 2.38. The number of anilines is 1. The molecule has 0 amide bonds. The first-order valence-corrected chi connectivity index (χ1v) is 13.9. The molecule has 1 aromatic heterocycles. The maximum atomic E-state index is 13.6. The number of rotatable bonds is 5. The van der Waals surface area contributed by atoms with Crippen LogP contribution in [0, 0.1) is 0 Å². The molecule has 0 aliphatic carbocycles. The van der Waals surface area contributed by atoms with Crippen molar-refractivity contribution < 1.29 is 26.3 Å². The van der Waals surface area contributed by atoms with Crippen molar-refractivity contribution in [3.63, 3.8) is 0 Å². The monoisotopic (exact) mass is 586 g/mol. The van der Waals surface area contributed by atoms with Gasteiger partial charge in [0.1, 0.15) is 17.7 Å². The standard InChI is InChI=1S/C25H25F3N4O3S2.ClH/c1-24(2)13-21(18-5-3-16(25(26,27)28)11-20(18)15-7-9-29-10-8-15)19-6-4-17(12-22(19)35-24)37(33,34)32-23-30-14-31-36-23;/h3-7,11-12,14,21,29H,8-10,13H2,1-2H3,(H,30,31,32);1H. The maximum Gasteiger partial charge on any atom is 0.416 e. The topological polar surface area (TPSA) is 93.2 Å². The molecule has 2 N–H and O–H groups in total. The molecule has 0 bridgehead atoms. The second-order valence-electron chi connectivity index (χ2n) is 9.65. The zero-order valence-electron chi connectivity index (χ0n) is 20.5. The molecule has 5 rings (SSSR count). The molecule has 0 radical (unpaired) electrons. The number of benzene rings is 2. The van der Waals surface area contributed by atoms with E-state index in [1.807, 2.05) is 19.9 Å². The summed E-state index contributed by atoms with van der Waals surface area (Å²) in [6.07, 6.45) is -0.147. The highest BCUT2D eigenvalue weighted by atomic mass is 35.5. The molecule has 0 saturated carbocycles. The van der Waals surface area contributed by atoms with Gasteiger partial charge in [0.2, 0.25) is 5.13 Å². The molecule has 1 unspecified atom stereocenters. The fourth-order valence-electron chi connectivity index (χ4n) is 4.85. The van der Waals surface area contributed by atoms with Crippen LogP contribution in [0.25, 0.3) is 5.57 Å². The summed E-state index contributed by atoms with van der Waals surface area (Å²) in [4.78, 5) is 3.86. The van der Waals surface area contributed by atoms with Crippen molar-refractivity contribution in [1.29, 1.82) is 0 Å². The molecule has 0 fully saturated rings. The molecule has 1 atom stereocenters. The third kappa shape index (κ3) is 5.83. The Bertz CT molecular complexity index is 1460. The number of hydrogen-bond donors (Lipinski definition) is 2. The largest absolute Gasteiger partial charge is 0.487 e. The Morgan fingerprint density at radius 3 is 2.58 bits per heavy atom. The van der Waals surface area contributed by atoms with E-state index in [2.05, 4.69) is 19.4 Å². The summed E-state index contributed by atoms with van der Waals surface area (Å²) in [5.41, 5.74) is 1.55. The van der Waals surface area contributed by atoms with E-state index in [-0.39, 0.29) is 28.4 Å². The van der Waals surface area contributed by atoms with Crippen LogP contribution in [0.3, 0.4) is 0 Å². The Hall–Kier alpha value is -2.67. The zero-order chi connectivity index (χ0) is 26.4. The van der Waals surface area contributed by atoms with Gasteiger partial charge in [-0.15, -0.1) is 12.4 Å². The van der Waals surface area contributed by atoms with Crippen LogP contribution in [-0.4, -0.2) is 36.5 Å². The Balaban J connectivity index is 0.00000336. The van der Waals surface area contributed by atoms with Crippen molar-refractivity contribution in [3.8, 4) is 5.75 Å². The number of aromatic nitrogens is 2. The van der Waals surface area contributed by atoms with Gasteiger partial charge in [0.05, 0.1) is 10.5 Å². The van der Waals surface area contributed by atoms with Crippen LogP contribution in [0.5, 0.6) is 5.75 Å². The van der Waals surface area contributed by atoms with Crippen LogP contribution < -0.4 is 14.8 Å². The van der Waals surface area contributed by atoms with Gasteiger partial charge in [-0.1, -0.05) is 18.2 Å². The number of nitrogens with zero attached hydrogens (tertiary/aromatic N) is 2. The van der Waals surface area contributed by atoms with Gasteiger partial charge >= 0.3 is 6.18 Å². The molecule has 3 heterocycles. The highest BCUT2D eigenvalue weighted by molar-refractivity contribution is 7.93. The van der Waals surface area contributed by atoms with E-state index in [1.54, 1.807) is 12.1 Å². The minimum absolute atomic E-state index is 0. The molecule has 0 saturated heterocycles. The van der Waals surface area contributed by atoms with E-state index in [0.717, 1.165) is 34.3 Å². The number of halogens is 4. The molecule has 204 valence electrons.